The maximum absolute atomic E-state index is 13.0. The third-order valence-corrected chi connectivity index (χ3v) is 10.6. The van der Waals surface area contributed by atoms with Crippen molar-refractivity contribution in [1.29, 1.82) is 0 Å². The first-order valence-corrected chi connectivity index (χ1v) is 16.3. The molecular weight excluding hydrogens is 601 g/mol. The normalized spacial score (nSPS) is 51.9. The Kier molecular flexibility index (Phi) is 7.94. The van der Waals surface area contributed by atoms with Gasteiger partial charge in [-0.2, -0.15) is 0 Å². The standard InChI is InChI=1S/C21H35O16P3/c1-10-13-16(35-38)20(33-10,6-28-13)8-30-40(25,26)37-18-15-12(3)34-21(18,7-29-15)9-31-39(23,24)36-17-14-11(2)32-19(17,4-22)5-27-14/h10-18,22H,4-9,38H2,1-3H3,(H,23,24)(H,25,26)/p-2/t10?,11?,12?,13-,14-,15-,16-,17-,18-,19?,20?,21?/m1/s1. The van der Waals surface area contributed by atoms with E-state index in [0.29, 0.717) is 0 Å². The fourth-order valence-electron chi connectivity index (χ4n) is 6.60. The average Bonchev–Trinajstić information content (AvgIpc) is 3.69. The first-order valence-electron chi connectivity index (χ1n) is 12.9. The summed E-state index contributed by atoms with van der Waals surface area (Å²) in [6.45, 7) is 3.31. The number of aliphatic hydroxyl groups is 1. The van der Waals surface area contributed by atoms with Crippen molar-refractivity contribution in [2.24, 2.45) is 0 Å². The molecular formula is C21H33O16P3-2. The molecule has 0 aromatic carbocycles. The maximum atomic E-state index is 13.0. The van der Waals surface area contributed by atoms with Crippen LogP contribution in [0.5, 0.6) is 0 Å². The molecule has 9 unspecified atom stereocenters. The summed E-state index contributed by atoms with van der Waals surface area (Å²) in [6.07, 6.45) is -6.37. The molecule has 0 aromatic heterocycles. The van der Waals surface area contributed by atoms with E-state index in [-0.39, 0.29) is 32.0 Å². The predicted molar refractivity (Wildman–Crippen MR) is 128 cm³/mol. The van der Waals surface area contributed by atoms with Gasteiger partial charge in [0.25, 0.3) is 15.6 Å². The number of fused-ring (bicyclic) bond motifs is 6. The summed E-state index contributed by atoms with van der Waals surface area (Å²) in [5.74, 6) is 0. The molecule has 6 saturated heterocycles. The monoisotopic (exact) mass is 634 g/mol. The number of ether oxygens (including phenoxy) is 6. The Labute approximate surface area is 232 Å². The largest absolute Gasteiger partial charge is 0.756 e. The van der Waals surface area contributed by atoms with Crippen LogP contribution in [-0.2, 0) is 60.2 Å². The van der Waals surface area contributed by atoms with Gasteiger partial charge in [-0.15, -0.1) is 0 Å². The predicted octanol–water partition coefficient (Wildman–Crippen LogP) is -1.44. The molecule has 15 atom stereocenters. The highest BCUT2D eigenvalue weighted by Gasteiger charge is 2.65. The Morgan fingerprint density at radius 3 is 1.55 bits per heavy atom. The zero-order valence-corrected chi connectivity index (χ0v) is 24.9. The van der Waals surface area contributed by atoms with E-state index >= 15 is 0 Å². The van der Waals surface area contributed by atoms with Gasteiger partial charge in [0, 0.05) is 9.47 Å². The molecule has 6 heterocycles. The summed E-state index contributed by atoms with van der Waals surface area (Å²) in [6, 6.07) is 0. The SMILES string of the molecule is CC1OC2(COP(=O)([O-])O[C@@H]3[C@@H]4OCC3(COP(=O)([O-])O[C@@H]3[C@@H]5OCC3(CO)OC5C)OC4C)CO[C@H]1[C@H]2OP. The van der Waals surface area contributed by atoms with Crippen molar-refractivity contribution >= 4 is 25.1 Å². The summed E-state index contributed by atoms with van der Waals surface area (Å²) in [5, 5.41) is 9.81. The Hall–Kier alpha value is 0.330. The summed E-state index contributed by atoms with van der Waals surface area (Å²) in [5.41, 5.74) is -4.08. The topological polar surface area (TPSA) is 202 Å². The lowest BCUT2D eigenvalue weighted by Gasteiger charge is -2.37. The van der Waals surface area contributed by atoms with E-state index in [1.54, 1.807) is 20.8 Å². The molecule has 230 valence electrons. The van der Waals surface area contributed by atoms with Gasteiger partial charge in [0.1, 0.15) is 53.4 Å². The van der Waals surface area contributed by atoms with Crippen LogP contribution in [0.2, 0.25) is 0 Å². The fourth-order valence-corrected chi connectivity index (χ4v) is 9.05. The highest BCUT2D eigenvalue weighted by atomic mass is 31.2. The Morgan fingerprint density at radius 1 is 0.750 bits per heavy atom. The second-order valence-corrected chi connectivity index (χ2v) is 14.2. The van der Waals surface area contributed by atoms with Gasteiger partial charge in [0.2, 0.25) is 0 Å². The number of phosphoric acid groups is 2. The number of hydrogen-bond donors (Lipinski definition) is 1. The molecule has 6 aliphatic rings. The number of hydrogen-bond acceptors (Lipinski definition) is 16. The molecule has 0 saturated carbocycles. The lowest BCUT2D eigenvalue weighted by Crippen LogP contribution is -2.48. The summed E-state index contributed by atoms with van der Waals surface area (Å²) >= 11 is 0. The van der Waals surface area contributed by atoms with E-state index in [1.165, 1.54) is 0 Å². The quantitative estimate of drug-likeness (QED) is 0.244. The minimum Gasteiger partial charge on any atom is -0.756 e. The highest BCUT2D eigenvalue weighted by Crippen LogP contribution is 2.55. The van der Waals surface area contributed by atoms with Crippen LogP contribution in [0.4, 0.5) is 0 Å². The van der Waals surface area contributed by atoms with Gasteiger partial charge in [-0.1, -0.05) is 0 Å². The molecule has 40 heavy (non-hydrogen) atoms. The zero-order chi connectivity index (χ0) is 28.7. The van der Waals surface area contributed by atoms with Crippen molar-refractivity contribution < 1.29 is 75.1 Å². The van der Waals surface area contributed by atoms with Crippen molar-refractivity contribution in [2.45, 2.75) is 92.5 Å². The molecule has 6 rings (SSSR count). The molecule has 6 bridgehead atoms. The van der Waals surface area contributed by atoms with Gasteiger partial charge in [-0.25, -0.2) is 0 Å². The second-order valence-electron chi connectivity index (χ2n) is 11.2. The first-order chi connectivity index (χ1) is 18.8. The molecule has 16 nitrogen and oxygen atoms in total. The van der Waals surface area contributed by atoms with Crippen LogP contribution < -0.4 is 9.79 Å². The van der Waals surface area contributed by atoms with Crippen LogP contribution in [0.3, 0.4) is 0 Å². The minimum atomic E-state index is -5.03. The van der Waals surface area contributed by atoms with Crippen LogP contribution in [-0.4, -0.2) is 116 Å². The van der Waals surface area contributed by atoms with Crippen LogP contribution in [0, 0.1) is 0 Å². The van der Waals surface area contributed by atoms with Crippen molar-refractivity contribution in [1.82, 2.24) is 0 Å². The summed E-state index contributed by atoms with van der Waals surface area (Å²) < 4.78 is 86.6. The Balaban J connectivity index is 1.11. The Morgan fingerprint density at radius 2 is 1.12 bits per heavy atom. The fraction of sp³-hybridized carbons (Fsp3) is 1.00. The highest BCUT2D eigenvalue weighted by molar-refractivity contribution is 7.46. The van der Waals surface area contributed by atoms with Crippen LogP contribution in [0.15, 0.2) is 0 Å². The van der Waals surface area contributed by atoms with E-state index in [1.807, 2.05) is 0 Å². The third kappa shape index (κ3) is 4.91. The first kappa shape index (κ1) is 30.4. The van der Waals surface area contributed by atoms with E-state index in [4.69, 9.17) is 51.0 Å². The lowest BCUT2D eigenvalue weighted by atomic mass is 10.0. The molecule has 0 aliphatic carbocycles. The van der Waals surface area contributed by atoms with Crippen molar-refractivity contribution in [3.8, 4) is 0 Å². The van der Waals surface area contributed by atoms with Gasteiger partial charge >= 0.3 is 0 Å². The van der Waals surface area contributed by atoms with Gasteiger partial charge in [0.15, 0.2) is 0 Å². The summed E-state index contributed by atoms with van der Waals surface area (Å²) in [7, 11) is -7.92. The molecule has 0 spiro atoms. The maximum Gasteiger partial charge on any atom is 0.268 e. The molecule has 6 fully saturated rings. The number of phosphoric ester groups is 2. The van der Waals surface area contributed by atoms with Crippen molar-refractivity contribution in [3.63, 3.8) is 0 Å². The van der Waals surface area contributed by atoms with Crippen molar-refractivity contribution in [2.75, 3.05) is 39.6 Å². The number of rotatable bonds is 12. The molecule has 0 amide bonds. The molecule has 0 aromatic rings. The Bertz CT molecular complexity index is 1080. The van der Waals surface area contributed by atoms with Gasteiger partial charge < -0.3 is 65.9 Å². The number of aliphatic hydroxyl groups excluding tert-OH is 1. The van der Waals surface area contributed by atoms with Gasteiger partial charge in [0.05, 0.1) is 58.0 Å². The second kappa shape index (κ2) is 10.5. The molecule has 0 radical (unpaired) electrons. The third-order valence-electron chi connectivity index (χ3n) is 8.49. The summed E-state index contributed by atoms with van der Waals surface area (Å²) in [4.78, 5) is 25.8. The van der Waals surface area contributed by atoms with Crippen LogP contribution in [0.25, 0.3) is 0 Å². The van der Waals surface area contributed by atoms with Gasteiger partial charge in [-0.3, -0.25) is 9.13 Å². The average molecular weight is 634 g/mol. The lowest BCUT2D eigenvalue weighted by molar-refractivity contribution is -0.247. The van der Waals surface area contributed by atoms with Gasteiger partial charge in [-0.05, 0) is 20.8 Å². The van der Waals surface area contributed by atoms with E-state index in [2.05, 4.69) is 9.47 Å². The smallest absolute Gasteiger partial charge is 0.268 e. The minimum absolute atomic E-state index is 0.0417. The van der Waals surface area contributed by atoms with Crippen LogP contribution >= 0.6 is 25.1 Å². The zero-order valence-electron chi connectivity index (χ0n) is 22.0. The van der Waals surface area contributed by atoms with E-state index in [9.17, 15) is 24.0 Å². The van der Waals surface area contributed by atoms with E-state index < -0.39 is 95.0 Å². The van der Waals surface area contributed by atoms with Crippen molar-refractivity contribution in [3.05, 3.63) is 0 Å². The molecule has 1 N–H and O–H groups in total. The molecule has 6 aliphatic heterocycles. The molecule has 19 heteroatoms. The van der Waals surface area contributed by atoms with Crippen LogP contribution in [0.1, 0.15) is 20.8 Å². The van der Waals surface area contributed by atoms with E-state index in [0.717, 1.165) is 0 Å².